The van der Waals surface area contributed by atoms with Crippen molar-refractivity contribution >= 4 is 27.7 Å². The van der Waals surface area contributed by atoms with E-state index in [1.165, 1.54) is 0 Å². The van der Waals surface area contributed by atoms with E-state index in [1.807, 2.05) is 56.3 Å². The van der Waals surface area contributed by atoms with Crippen LogP contribution in [0.15, 0.2) is 46.9 Å². The maximum Gasteiger partial charge on any atom is 0.165 e. The summed E-state index contributed by atoms with van der Waals surface area (Å²) in [7, 11) is 0. The van der Waals surface area contributed by atoms with Crippen molar-refractivity contribution in [3.05, 3.63) is 48.0 Å². The molecule has 2 nitrogen and oxygen atoms in total. The van der Waals surface area contributed by atoms with E-state index in [4.69, 9.17) is 4.42 Å². The van der Waals surface area contributed by atoms with Crippen molar-refractivity contribution in [3.8, 4) is 0 Å². The predicted octanol–water partition coefficient (Wildman–Crippen LogP) is 4.42. The van der Waals surface area contributed by atoms with Crippen molar-refractivity contribution in [1.29, 1.82) is 0 Å². The molecule has 0 fully saturated rings. The van der Waals surface area contributed by atoms with Gasteiger partial charge in [-0.2, -0.15) is 0 Å². The van der Waals surface area contributed by atoms with E-state index >= 15 is 0 Å². The minimum atomic E-state index is 0.0145. The second-order valence-corrected chi connectivity index (χ2v) is 4.83. The van der Waals surface area contributed by atoms with E-state index in [9.17, 15) is 4.79 Å². The van der Waals surface area contributed by atoms with Crippen molar-refractivity contribution in [2.75, 3.05) is 0 Å². The van der Waals surface area contributed by atoms with E-state index in [0.29, 0.717) is 0 Å². The van der Waals surface area contributed by atoms with Gasteiger partial charge in [0.25, 0.3) is 0 Å². The molecule has 3 rings (SSSR count). The summed E-state index contributed by atoms with van der Waals surface area (Å²) in [6, 6.07) is 13.5. The summed E-state index contributed by atoms with van der Waals surface area (Å²) in [6.45, 7) is 3.83. The summed E-state index contributed by atoms with van der Waals surface area (Å²) in [4.78, 5) is 12.0. The molecule has 0 bridgehead atoms. The molecule has 2 heteroatoms. The van der Waals surface area contributed by atoms with Gasteiger partial charge in [0.2, 0.25) is 0 Å². The van der Waals surface area contributed by atoms with Crippen LogP contribution in [0.3, 0.4) is 0 Å². The second kappa shape index (κ2) is 3.98. The first-order valence-corrected chi connectivity index (χ1v) is 6.12. The zero-order chi connectivity index (χ0) is 12.7. The minimum Gasteiger partial charge on any atom is -0.456 e. The fraction of sp³-hybridized carbons (Fsp3) is 0.188. The number of hydrogen-bond acceptors (Lipinski definition) is 2. The second-order valence-electron chi connectivity index (χ2n) is 4.83. The normalized spacial score (nSPS) is 11.5. The van der Waals surface area contributed by atoms with Crippen LogP contribution in [0, 0.1) is 5.92 Å². The number of ketones is 1. The number of carbonyl (C=O) groups excluding carboxylic acids is 1. The van der Waals surface area contributed by atoms with Gasteiger partial charge in [-0.15, -0.1) is 0 Å². The van der Waals surface area contributed by atoms with E-state index in [-0.39, 0.29) is 11.7 Å². The smallest absolute Gasteiger partial charge is 0.165 e. The maximum atomic E-state index is 12.0. The fourth-order valence-electron chi connectivity index (χ4n) is 2.21. The number of hydrogen-bond donors (Lipinski definition) is 0. The molecular weight excluding hydrogens is 224 g/mol. The zero-order valence-electron chi connectivity index (χ0n) is 10.4. The Balaban J connectivity index is 2.28. The van der Waals surface area contributed by atoms with Crippen LogP contribution in [-0.4, -0.2) is 5.78 Å². The highest BCUT2D eigenvalue weighted by atomic mass is 16.3. The van der Waals surface area contributed by atoms with Gasteiger partial charge in [0.1, 0.15) is 11.2 Å². The Bertz CT molecular complexity index is 735. The third kappa shape index (κ3) is 1.61. The van der Waals surface area contributed by atoms with Crippen LogP contribution in [-0.2, 0) is 0 Å². The molecule has 1 aromatic heterocycles. The number of para-hydroxylation sites is 1. The van der Waals surface area contributed by atoms with Gasteiger partial charge < -0.3 is 4.42 Å². The Morgan fingerprint density at radius 1 is 1.00 bits per heavy atom. The Hall–Kier alpha value is -2.09. The monoisotopic (exact) mass is 238 g/mol. The molecule has 0 N–H and O–H groups in total. The quantitative estimate of drug-likeness (QED) is 0.618. The molecule has 0 aliphatic carbocycles. The van der Waals surface area contributed by atoms with Gasteiger partial charge in [-0.1, -0.05) is 32.0 Å². The lowest BCUT2D eigenvalue weighted by Crippen LogP contribution is -2.06. The first kappa shape index (κ1) is 11.0. The van der Waals surface area contributed by atoms with Crippen molar-refractivity contribution in [3.63, 3.8) is 0 Å². The lowest BCUT2D eigenvalue weighted by atomic mass is 9.99. The zero-order valence-corrected chi connectivity index (χ0v) is 10.4. The highest BCUT2D eigenvalue weighted by Gasteiger charge is 2.13. The molecule has 0 atom stereocenters. The topological polar surface area (TPSA) is 30.2 Å². The van der Waals surface area contributed by atoms with E-state index in [2.05, 4.69) is 0 Å². The molecule has 0 radical (unpaired) electrons. The first-order chi connectivity index (χ1) is 8.66. The van der Waals surface area contributed by atoms with Crippen LogP contribution in [0.2, 0.25) is 0 Å². The molecule has 0 spiro atoms. The van der Waals surface area contributed by atoms with Gasteiger partial charge >= 0.3 is 0 Å². The summed E-state index contributed by atoms with van der Waals surface area (Å²) in [5.41, 5.74) is 2.45. The van der Waals surface area contributed by atoms with Gasteiger partial charge in [-0.25, -0.2) is 0 Å². The Kier molecular flexibility index (Phi) is 2.44. The summed E-state index contributed by atoms with van der Waals surface area (Å²) in [5, 5.41) is 2.07. The first-order valence-electron chi connectivity index (χ1n) is 6.12. The number of carbonyl (C=O) groups is 1. The molecule has 0 unspecified atom stereocenters. The highest BCUT2D eigenvalue weighted by Crippen LogP contribution is 2.29. The lowest BCUT2D eigenvalue weighted by molar-refractivity contribution is 0.0939. The standard InChI is InChI=1S/C16H14O2/c1-10(2)16(17)11-7-8-15-13(9-11)12-5-3-4-6-14(12)18-15/h3-10H,1-2H3. The van der Waals surface area contributed by atoms with Crippen LogP contribution >= 0.6 is 0 Å². The predicted molar refractivity (Wildman–Crippen MR) is 72.9 cm³/mol. The van der Waals surface area contributed by atoms with Crippen molar-refractivity contribution in [2.24, 2.45) is 5.92 Å². The van der Waals surface area contributed by atoms with E-state index < -0.39 is 0 Å². The summed E-state index contributed by atoms with van der Waals surface area (Å²) >= 11 is 0. The average Bonchev–Trinajstić information content (AvgIpc) is 2.75. The SMILES string of the molecule is CC(C)C(=O)c1ccc2oc3ccccc3c2c1. The molecule has 3 aromatic rings. The fourth-order valence-corrected chi connectivity index (χ4v) is 2.21. The van der Waals surface area contributed by atoms with Crippen LogP contribution in [0.5, 0.6) is 0 Å². The third-order valence-corrected chi connectivity index (χ3v) is 3.19. The van der Waals surface area contributed by atoms with Crippen LogP contribution in [0.1, 0.15) is 24.2 Å². The van der Waals surface area contributed by atoms with Gasteiger partial charge in [-0.3, -0.25) is 4.79 Å². The van der Waals surface area contributed by atoms with Crippen molar-refractivity contribution in [1.82, 2.24) is 0 Å². The molecule has 0 amide bonds. The molecule has 1 heterocycles. The molecule has 2 aromatic carbocycles. The molecule has 18 heavy (non-hydrogen) atoms. The van der Waals surface area contributed by atoms with Crippen LogP contribution < -0.4 is 0 Å². The molecule has 90 valence electrons. The minimum absolute atomic E-state index is 0.0145. The van der Waals surface area contributed by atoms with Crippen molar-refractivity contribution in [2.45, 2.75) is 13.8 Å². The number of benzene rings is 2. The maximum absolute atomic E-state index is 12.0. The highest BCUT2D eigenvalue weighted by molar-refractivity contribution is 6.08. The summed E-state index contributed by atoms with van der Waals surface area (Å²) < 4.78 is 5.74. The van der Waals surface area contributed by atoms with E-state index in [1.54, 1.807) is 0 Å². The number of rotatable bonds is 2. The third-order valence-electron chi connectivity index (χ3n) is 3.19. The average molecular weight is 238 g/mol. The Morgan fingerprint density at radius 2 is 1.72 bits per heavy atom. The summed E-state index contributed by atoms with van der Waals surface area (Å²) in [5.74, 6) is 0.183. The van der Waals surface area contributed by atoms with Gasteiger partial charge in [0.15, 0.2) is 5.78 Å². The van der Waals surface area contributed by atoms with Crippen molar-refractivity contribution < 1.29 is 9.21 Å². The molecule has 0 saturated carbocycles. The van der Waals surface area contributed by atoms with Crippen LogP contribution in [0.4, 0.5) is 0 Å². The summed E-state index contributed by atoms with van der Waals surface area (Å²) in [6.07, 6.45) is 0. The van der Waals surface area contributed by atoms with Gasteiger partial charge in [0.05, 0.1) is 0 Å². The molecule has 0 aliphatic heterocycles. The number of fused-ring (bicyclic) bond motifs is 3. The molecule has 0 saturated heterocycles. The largest absolute Gasteiger partial charge is 0.456 e. The van der Waals surface area contributed by atoms with Gasteiger partial charge in [0, 0.05) is 22.3 Å². The molecule has 0 aliphatic rings. The Labute approximate surface area is 105 Å². The number of furan rings is 1. The lowest BCUT2D eigenvalue weighted by Gasteiger charge is -2.03. The van der Waals surface area contributed by atoms with Gasteiger partial charge in [-0.05, 0) is 24.3 Å². The number of Topliss-reactive ketones (excluding diaryl/α,β-unsaturated/α-hetero) is 1. The molecular formula is C16H14O2. The Morgan fingerprint density at radius 3 is 2.50 bits per heavy atom. The van der Waals surface area contributed by atoms with E-state index in [0.717, 1.165) is 27.5 Å². The van der Waals surface area contributed by atoms with Crippen LogP contribution in [0.25, 0.3) is 21.9 Å².